The summed E-state index contributed by atoms with van der Waals surface area (Å²) in [6.07, 6.45) is 0. The number of nitrogens with zero attached hydrogens (tertiary/aromatic N) is 4. The molecule has 7 nitrogen and oxygen atoms in total. The highest BCUT2D eigenvalue weighted by Crippen LogP contribution is 2.08. The third-order valence-electron chi connectivity index (χ3n) is 4.20. The lowest BCUT2D eigenvalue weighted by molar-refractivity contribution is -0.131. The van der Waals surface area contributed by atoms with Gasteiger partial charge in [-0.2, -0.15) is 0 Å². The molecule has 27 heavy (non-hydrogen) atoms. The fraction of sp³-hybridized carbons (Fsp3) is 0.550. The number of nitrogens with one attached hydrogen (secondary N) is 1. The van der Waals surface area contributed by atoms with E-state index in [1.165, 1.54) is 0 Å². The zero-order chi connectivity index (χ0) is 20.4. The molecular weight excluding hydrogens is 342 g/mol. The Hall–Kier alpha value is -2.57. The molecule has 7 heteroatoms. The van der Waals surface area contributed by atoms with Crippen molar-refractivity contribution < 1.29 is 9.59 Å². The van der Waals surface area contributed by atoms with E-state index in [0.717, 1.165) is 12.1 Å². The van der Waals surface area contributed by atoms with Gasteiger partial charge in [-0.05, 0) is 38.5 Å². The molecule has 1 aromatic carbocycles. The number of aliphatic imine (C=N–C) groups is 1. The van der Waals surface area contributed by atoms with Gasteiger partial charge in [0.2, 0.25) is 5.91 Å². The van der Waals surface area contributed by atoms with Crippen LogP contribution in [0.5, 0.6) is 0 Å². The van der Waals surface area contributed by atoms with Crippen molar-refractivity contribution in [3.63, 3.8) is 0 Å². The highest BCUT2D eigenvalue weighted by atomic mass is 16.2. The Bertz CT molecular complexity index is 636. The van der Waals surface area contributed by atoms with Gasteiger partial charge < -0.3 is 20.0 Å². The van der Waals surface area contributed by atoms with Gasteiger partial charge in [-0.3, -0.25) is 9.59 Å². The summed E-state index contributed by atoms with van der Waals surface area (Å²) in [6.45, 7) is 8.84. The minimum Gasteiger partial charge on any atom is -0.357 e. The molecule has 0 saturated heterocycles. The Morgan fingerprint density at radius 1 is 1.00 bits per heavy atom. The molecule has 0 fully saturated rings. The Kier molecular flexibility index (Phi) is 9.33. The lowest BCUT2D eigenvalue weighted by Crippen LogP contribution is -2.45. The molecule has 0 aliphatic carbocycles. The molecule has 0 saturated carbocycles. The van der Waals surface area contributed by atoms with E-state index in [0.29, 0.717) is 31.2 Å². The predicted molar refractivity (Wildman–Crippen MR) is 110 cm³/mol. The highest BCUT2D eigenvalue weighted by Gasteiger charge is 2.15. The molecule has 0 atom stereocenters. The molecule has 2 amide bonds. The Balaban J connectivity index is 2.80. The number of guanidine groups is 1. The van der Waals surface area contributed by atoms with Crippen molar-refractivity contribution in [3.8, 4) is 0 Å². The summed E-state index contributed by atoms with van der Waals surface area (Å²) in [4.78, 5) is 34.1. The van der Waals surface area contributed by atoms with Crippen LogP contribution in [0.2, 0.25) is 0 Å². The molecule has 0 spiro atoms. The molecule has 0 radical (unpaired) electrons. The SMILES string of the molecule is CCNC(=NCc1ccc(C(=O)N(C)C)cc1)N(C)CC(=O)N(CC)CC. The summed E-state index contributed by atoms with van der Waals surface area (Å²) in [5, 5.41) is 3.22. The molecular formula is C20H33N5O2. The molecule has 1 N–H and O–H groups in total. The van der Waals surface area contributed by atoms with Gasteiger partial charge in [0.25, 0.3) is 5.91 Å². The largest absolute Gasteiger partial charge is 0.357 e. The number of likely N-dealkylation sites (N-methyl/N-ethyl adjacent to an activating group) is 2. The average molecular weight is 376 g/mol. The molecule has 150 valence electrons. The van der Waals surface area contributed by atoms with Gasteiger partial charge in [0.05, 0.1) is 13.1 Å². The standard InChI is InChI=1S/C20H33N5O2/c1-7-21-20(24(6)15-18(26)25(8-2)9-3)22-14-16-10-12-17(13-11-16)19(27)23(4)5/h10-13H,7-9,14-15H2,1-6H3,(H,21,22). The van der Waals surface area contributed by atoms with Crippen LogP contribution in [0.15, 0.2) is 29.3 Å². The Labute approximate surface area is 163 Å². The fourth-order valence-electron chi connectivity index (χ4n) is 2.60. The molecule has 1 rings (SSSR count). The summed E-state index contributed by atoms with van der Waals surface area (Å²) < 4.78 is 0. The Morgan fingerprint density at radius 2 is 1.59 bits per heavy atom. The first-order chi connectivity index (χ1) is 12.8. The van der Waals surface area contributed by atoms with E-state index in [2.05, 4.69) is 10.3 Å². The zero-order valence-electron chi connectivity index (χ0n) is 17.5. The molecule has 0 aliphatic rings. The van der Waals surface area contributed by atoms with Crippen LogP contribution in [0, 0.1) is 0 Å². The van der Waals surface area contributed by atoms with Crippen molar-refractivity contribution in [1.82, 2.24) is 20.0 Å². The topological polar surface area (TPSA) is 68.2 Å². The second-order valence-electron chi connectivity index (χ2n) is 6.49. The molecule has 1 aromatic rings. The van der Waals surface area contributed by atoms with Crippen molar-refractivity contribution in [2.24, 2.45) is 4.99 Å². The first-order valence-corrected chi connectivity index (χ1v) is 9.41. The maximum Gasteiger partial charge on any atom is 0.253 e. The van der Waals surface area contributed by atoms with Crippen molar-refractivity contribution >= 4 is 17.8 Å². The van der Waals surface area contributed by atoms with Crippen LogP contribution < -0.4 is 5.32 Å². The van der Waals surface area contributed by atoms with Gasteiger partial charge in [0.1, 0.15) is 0 Å². The summed E-state index contributed by atoms with van der Waals surface area (Å²) in [6, 6.07) is 7.44. The maximum absolute atomic E-state index is 12.3. The van der Waals surface area contributed by atoms with Crippen LogP contribution in [0.4, 0.5) is 0 Å². The molecule has 0 aromatic heterocycles. The van der Waals surface area contributed by atoms with Crippen LogP contribution in [0.1, 0.15) is 36.7 Å². The molecule has 0 heterocycles. The number of hydrogen-bond donors (Lipinski definition) is 1. The second kappa shape index (κ2) is 11.2. The summed E-state index contributed by atoms with van der Waals surface area (Å²) >= 11 is 0. The molecule has 0 bridgehead atoms. The van der Waals surface area contributed by atoms with Gasteiger partial charge >= 0.3 is 0 Å². The van der Waals surface area contributed by atoms with Crippen molar-refractivity contribution in [2.45, 2.75) is 27.3 Å². The summed E-state index contributed by atoms with van der Waals surface area (Å²) in [7, 11) is 5.33. The van der Waals surface area contributed by atoms with Crippen molar-refractivity contribution in [2.75, 3.05) is 47.3 Å². The van der Waals surface area contributed by atoms with E-state index in [9.17, 15) is 9.59 Å². The third-order valence-corrected chi connectivity index (χ3v) is 4.20. The van der Waals surface area contributed by atoms with E-state index in [1.54, 1.807) is 23.9 Å². The monoisotopic (exact) mass is 375 g/mol. The molecule has 0 aliphatic heterocycles. The second-order valence-corrected chi connectivity index (χ2v) is 6.49. The van der Waals surface area contributed by atoms with Crippen molar-refractivity contribution in [3.05, 3.63) is 35.4 Å². The fourth-order valence-corrected chi connectivity index (χ4v) is 2.60. The Morgan fingerprint density at radius 3 is 2.07 bits per heavy atom. The first kappa shape index (κ1) is 22.5. The van der Waals surface area contributed by atoms with Gasteiger partial charge in [-0.25, -0.2) is 4.99 Å². The molecule has 0 unspecified atom stereocenters. The highest BCUT2D eigenvalue weighted by molar-refractivity contribution is 5.93. The average Bonchev–Trinajstić information content (AvgIpc) is 2.65. The van der Waals surface area contributed by atoms with E-state index in [4.69, 9.17) is 0 Å². The van der Waals surface area contributed by atoms with Crippen LogP contribution in [0.25, 0.3) is 0 Å². The smallest absolute Gasteiger partial charge is 0.253 e. The number of carbonyl (C=O) groups is 2. The van der Waals surface area contributed by atoms with Gasteiger partial charge in [-0.1, -0.05) is 12.1 Å². The lowest BCUT2D eigenvalue weighted by atomic mass is 10.1. The van der Waals surface area contributed by atoms with Crippen LogP contribution >= 0.6 is 0 Å². The minimum absolute atomic E-state index is 0.0203. The van der Waals surface area contributed by atoms with Crippen LogP contribution in [0.3, 0.4) is 0 Å². The van der Waals surface area contributed by atoms with E-state index in [1.807, 2.05) is 57.0 Å². The quantitative estimate of drug-likeness (QED) is 0.554. The number of amides is 2. The summed E-state index contributed by atoms with van der Waals surface area (Å²) in [5.41, 5.74) is 1.66. The van der Waals surface area contributed by atoms with Gasteiger partial charge in [-0.15, -0.1) is 0 Å². The number of rotatable bonds is 8. The first-order valence-electron chi connectivity index (χ1n) is 9.41. The maximum atomic E-state index is 12.3. The number of carbonyl (C=O) groups excluding carboxylic acids is 2. The summed E-state index contributed by atoms with van der Waals surface area (Å²) in [5.74, 6) is 0.749. The number of benzene rings is 1. The predicted octanol–water partition coefficient (Wildman–Crippen LogP) is 1.65. The zero-order valence-corrected chi connectivity index (χ0v) is 17.5. The minimum atomic E-state index is -0.0203. The van der Waals surface area contributed by atoms with Crippen LogP contribution in [-0.4, -0.2) is 79.8 Å². The normalized spacial score (nSPS) is 11.1. The lowest BCUT2D eigenvalue weighted by Gasteiger charge is -2.25. The van der Waals surface area contributed by atoms with E-state index >= 15 is 0 Å². The van der Waals surface area contributed by atoms with E-state index < -0.39 is 0 Å². The number of hydrogen-bond acceptors (Lipinski definition) is 3. The van der Waals surface area contributed by atoms with Crippen molar-refractivity contribution in [1.29, 1.82) is 0 Å². The van der Waals surface area contributed by atoms with E-state index in [-0.39, 0.29) is 18.4 Å². The third kappa shape index (κ3) is 6.92. The van der Waals surface area contributed by atoms with Gasteiger partial charge in [0.15, 0.2) is 5.96 Å². The van der Waals surface area contributed by atoms with Crippen LogP contribution in [-0.2, 0) is 11.3 Å². The van der Waals surface area contributed by atoms with Gasteiger partial charge in [0, 0.05) is 46.3 Å².